The van der Waals surface area contributed by atoms with Crippen molar-refractivity contribution in [2.75, 3.05) is 0 Å². The van der Waals surface area contributed by atoms with Gasteiger partial charge in [0.25, 0.3) is 0 Å². The molecule has 0 aliphatic rings. The highest BCUT2D eigenvalue weighted by molar-refractivity contribution is 7.07. The van der Waals surface area contributed by atoms with Gasteiger partial charge in [0.2, 0.25) is 0 Å². The third-order valence-corrected chi connectivity index (χ3v) is 4.12. The van der Waals surface area contributed by atoms with Gasteiger partial charge in [-0.15, -0.1) is 11.6 Å². The Kier molecular flexibility index (Phi) is 3.29. The summed E-state index contributed by atoms with van der Waals surface area (Å²) in [5.74, 6) is 0.862. The Labute approximate surface area is 119 Å². The number of rotatable bonds is 3. The average Bonchev–Trinajstić information content (AvgIpc) is 3.00. The van der Waals surface area contributed by atoms with Gasteiger partial charge >= 0.3 is 0 Å². The number of benzene rings is 1. The first-order valence-electron chi connectivity index (χ1n) is 5.91. The number of fused-ring (bicyclic) bond motifs is 1. The zero-order valence-corrected chi connectivity index (χ0v) is 11.9. The maximum atomic E-state index is 13.6. The Morgan fingerprint density at radius 2 is 2.26 bits per heavy atom. The second-order valence-corrected chi connectivity index (χ2v) is 5.52. The quantitative estimate of drug-likeness (QED) is 0.657. The third kappa shape index (κ3) is 2.26. The van der Waals surface area contributed by atoms with Crippen LogP contribution in [-0.4, -0.2) is 9.55 Å². The molecular formula is C14H12ClFN2S. The van der Waals surface area contributed by atoms with E-state index in [4.69, 9.17) is 11.6 Å². The number of alkyl halides is 1. The van der Waals surface area contributed by atoms with Crippen LogP contribution in [0.15, 0.2) is 29.0 Å². The number of thiophene rings is 1. The van der Waals surface area contributed by atoms with Gasteiger partial charge < -0.3 is 4.57 Å². The molecule has 0 aliphatic carbocycles. The highest BCUT2D eigenvalue weighted by Gasteiger charge is 2.12. The number of aromatic nitrogens is 2. The van der Waals surface area contributed by atoms with Gasteiger partial charge in [-0.2, -0.15) is 11.3 Å². The molecule has 0 unspecified atom stereocenters. The molecule has 2 aromatic heterocycles. The molecule has 19 heavy (non-hydrogen) atoms. The van der Waals surface area contributed by atoms with Crippen LogP contribution in [0.2, 0.25) is 0 Å². The van der Waals surface area contributed by atoms with E-state index < -0.39 is 0 Å². The lowest BCUT2D eigenvalue weighted by molar-refractivity contribution is 0.620. The van der Waals surface area contributed by atoms with Crippen LogP contribution >= 0.6 is 22.9 Å². The molecule has 0 spiro atoms. The van der Waals surface area contributed by atoms with Crippen LogP contribution in [0.25, 0.3) is 11.0 Å². The second-order valence-electron chi connectivity index (χ2n) is 4.47. The maximum absolute atomic E-state index is 13.6. The number of imidazole rings is 1. The summed E-state index contributed by atoms with van der Waals surface area (Å²) in [6.45, 7) is 2.48. The van der Waals surface area contributed by atoms with E-state index in [-0.39, 0.29) is 5.82 Å². The van der Waals surface area contributed by atoms with Crippen LogP contribution < -0.4 is 0 Å². The van der Waals surface area contributed by atoms with Crippen molar-refractivity contribution in [1.82, 2.24) is 9.55 Å². The predicted molar refractivity (Wildman–Crippen MR) is 77.4 cm³/mol. The van der Waals surface area contributed by atoms with Gasteiger partial charge in [-0.25, -0.2) is 9.37 Å². The average molecular weight is 295 g/mol. The minimum absolute atomic E-state index is 0.228. The molecule has 0 bridgehead atoms. The second kappa shape index (κ2) is 4.94. The summed E-state index contributed by atoms with van der Waals surface area (Å²) in [7, 11) is 0. The van der Waals surface area contributed by atoms with Crippen LogP contribution in [0.4, 0.5) is 4.39 Å². The van der Waals surface area contributed by atoms with Crippen molar-refractivity contribution in [2.45, 2.75) is 19.3 Å². The van der Waals surface area contributed by atoms with Crippen LogP contribution in [0, 0.1) is 12.7 Å². The monoisotopic (exact) mass is 294 g/mol. The van der Waals surface area contributed by atoms with E-state index in [0.29, 0.717) is 23.5 Å². The molecule has 5 heteroatoms. The third-order valence-electron chi connectivity index (χ3n) is 3.15. The SMILES string of the molecule is Cc1cc2c(cc1F)nc(CCl)n2Cc1ccsc1. The standard InChI is InChI=1S/C14H12ClFN2S/c1-9-4-13-12(5-11(9)16)17-14(6-15)18(13)7-10-2-3-19-8-10/h2-5,8H,6-7H2,1H3. The van der Waals surface area contributed by atoms with Crippen LogP contribution in [-0.2, 0) is 12.4 Å². The lowest BCUT2D eigenvalue weighted by Crippen LogP contribution is -2.03. The predicted octanol–water partition coefficient (Wildman–Crippen LogP) is 4.33. The van der Waals surface area contributed by atoms with Gasteiger partial charge in [-0.05, 0) is 40.9 Å². The first-order valence-corrected chi connectivity index (χ1v) is 7.39. The molecule has 2 nitrogen and oxygen atoms in total. The molecule has 0 saturated carbocycles. The first-order chi connectivity index (χ1) is 9.19. The summed E-state index contributed by atoms with van der Waals surface area (Å²) >= 11 is 7.61. The van der Waals surface area contributed by atoms with E-state index in [2.05, 4.69) is 21.0 Å². The molecule has 0 aliphatic heterocycles. The minimum Gasteiger partial charge on any atom is -0.322 e. The van der Waals surface area contributed by atoms with Gasteiger partial charge in [0.1, 0.15) is 11.6 Å². The van der Waals surface area contributed by atoms with Gasteiger partial charge in [0.15, 0.2) is 0 Å². The lowest BCUT2D eigenvalue weighted by atomic mass is 10.2. The van der Waals surface area contributed by atoms with Crippen molar-refractivity contribution in [3.8, 4) is 0 Å². The Hall–Kier alpha value is -1.39. The number of aryl methyl sites for hydroxylation is 1. The van der Waals surface area contributed by atoms with Gasteiger partial charge in [0, 0.05) is 6.07 Å². The van der Waals surface area contributed by atoms with Crippen molar-refractivity contribution in [3.63, 3.8) is 0 Å². The zero-order chi connectivity index (χ0) is 13.4. The zero-order valence-electron chi connectivity index (χ0n) is 10.4. The van der Waals surface area contributed by atoms with Crippen molar-refractivity contribution < 1.29 is 4.39 Å². The van der Waals surface area contributed by atoms with Crippen molar-refractivity contribution >= 4 is 34.0 Å². The summed E-state index contributed by atoms with van der Waals surface area (Å²) in [6.07, 6.45) is 0. The van der Waals surface area contributed by atoms with Crippen molar-refractivity contribution in [2.24, 2.45) is 0 Å². The Balaban J connectivity index is 2.17. The topological polar surface area (TPSA) is 17.8 Å². The summed E-state index contributed by atoms with van der Waals surface area (Å²) < 4.78 is 15.6. The summed E-state index contributed by atoms with van der Waals surface area (Å²) in [5.41, 5.74) is 3.42. The normalized spacial score (nSPS) is 11.3. The lowest BCUT2D eigenvalue weighted by Gasteiger charge is -2.06. The largest absolute Gasteiger partial charge is 0.322 e. The number of hydrogen-bond donors (Lipinski definition) is 0. The Morgan fingerprint density at radius 1 is 1.42 bits per heavy atom. The molecule has 3 aromatic rings. The molecule has 1 aromatic carbocycles. The first kappa shape index (κ1) is 12.6. The smallest absolute Gasteiger partial charge is 0.128 e. The summed E-state index contributed by atoms with van der Waals surface area (Å²) in [4.78, 5) is 4.41. The fraction of sp³-hybridized carbons (Fsp3) is 0.214. The molecular weight excluding hydrogens is 283 g/mol. The molecule has 2 heterocycles. The number of halogens is 2. The molecule has 0 amide bonds. The molecule has 0 saturated heterocycles. The molecule has 0 fully saturated rings. The molecule has 0 N–H and O–H groups in total. The van der Waals surface area contributed by atoms with Crippen molar-refractivity contribution in [1.29, 1.82) is 0 Å². The van der Waals surface area contributed by atoms with Crippen molar-refractivity contribution in [3.05, 3.63) is 51.7 Å². The van der Waals surface area contributed by atoms with E-state index >= 15 is 0 Å². The molecule has 0 atom stereocenters. The highest BCUT2D eigenvalue weighted by atomic mass is 35.5. The number of nitrogens with zero attached hydrogens (tertiary/aromatic N) is 2. The minimum atomic E-state index is -0.228. The highest BCUT2D eigenvalue weighted by Crippen LogP contribution is 2.23. The maximum Gasteiger partial charge on any atom is 0.128 e. The molecule has 98 valence electrons. The fourth-order valence-corrected chi connectivity index (χ4v) is 3.01. The van der Waals surface area contributed by atoms with Gasteiger partial charge in [0.05, 0.1) is 23.5 Å². The van der Waals surface area contributed by atoms with E-state index in [1.807, 2.05) is 11.4 Å². The Bertz CT molecular complexity index is 719. The molecule has 3 rings (SSSR count). The van der Waals surface area contributed by atoms with Crippen LogP contribution in [0.3, 0.4) is 0 Å². The van der Waals surface area contributed by atoms with Crippen LogP contribution in [0.5, 0.6) is 0 Å². The van der Waals surface area contributed by atoms with Gasteiger partial charge in [-0.1, -0.05) is 0 Å². The van der Waals surface area contributed by atoms with Gasteiger partial charge in [-0.3, -0.25) is 0 Å². The van der Waals surface area contributed by atoms with E-state index in [1.54, 1.807) is 18.3 Å². The molecule has 0 radical (unpaired) electrons. The summed E-state index contributed by atoms with van der Waals surface area (Å²) in [6, 6.07) is 5.38. The fourth-order valence-electron chi connectivity index (χ4n) is 2.14. The van der Waals surface area contributed by atoms with E-state index in [0.717, 1.165) is 11.3 Å². The van der Waals surface area contributed by atoms with Crippen LogP contribution in [0.1, 0.15) is 17.0 Å². The summed E-state index contributed by atoms with van der Waals surface area (Å²) in [5, 5.41) is 4.14. The Morgan fingerprint density at radius 3 is 2.95 bits per heavy atom. The van der Waals surface area contributed by atoms with E-state index in [9.17, 15) is 4.39 Å². The number of hydrogen-bond acceptors (Lipinski definition) is 2. The van der Waals surface area contributed by atoms with E-state index in [1.165, 1.54) is 11.6 Å².